The average molecular weight is 237 g/mol. The van der Waals surface area contributed by atoms with Gasteiger partial charge in [0, 0.05) is 6.04 Å². The summed E-state index contributed by atoms with van der Waals surface area (Å²) in [5, 5.41) is 9.26. The number of carboxylic acids is 1. The maximum absolute atomic E-state index is 11.2. The van der Waals surface area contributed by atoms with Crippen molar-refractivity contribution < 1.29 is 9.90 Å². The van der Waals surface area contributed by atoms with Crippen LogP contribution in [-0.2, 0) is 4.79 Å². The summed E-state index contributed by atoms with van der Waals surface area (Å²) in [7, 11) is 0. The maximum Gasteiger partial charge on any atom is 0.320 e. The van der Waals surface area contributed by atoms with E-state index in [2.05, 4.69) is 4.90 Å². The molecular weight excluding hydrogens is 214 g/mol. The summed E-state index contributed by atoms with van der Waals surface area (Å²) in [6.07, 6.45) is 10.0. The highest BCUT2D eigenvalue weighted by atomic mass is 16.4. The Morgan fingerprint density at radius 1 is 1.00 bits per heavy atom. The molecule has 3 fully saturated rings. The summed E-state index contributed by atoms with van der Waals surface area (Å²) in [5.41, 5.74) is 0. The van der Waals surface area contributed by atoms with E-state index in [1.54, 1.807) is 0 Å². The van der Waals surface area contributed by atoms with Crippen molar-refractivity contribution in [2.45, 2.75) is 63.5 Å². The molecule has 3 aliphatic rings. The Morgan fingerprint density at radius 2 is 1.82 bits per heavy atom. The topological polar surface area (TPSA) is 40.5 Å². The molecule has 0 amide bonds. The smallest absolute Gasteiger partial charge is 0.320 e. The molecule has 17 heavy (non-hydrogen) atoms. The van der Waals surface area contributed by atoms with Crippen LogP contribution < -0.4 is 0 Å². The van der Waals surface area contributed by atoms with Gasteiger partial charge in [-0.15, -0.1) is 0 Å². The van der Waals surface area contributed by atoms with Gasteiger partial charge in [0.2, 0.25) is 0 Å². The molecule has 0 radical (unpaired) electrons. The maximum atomic E-state index is 11.2. The normalized spacial score (nSPS) is 39.4. The molecule has 0 spiro atoms. The number of hydrogen-bond acceptors (Lipinski definition) is 2. The molecule has 1 heterocycles. The Bertz CT molecular complexity index is 301. The predicted octanol–water partition coefficient (Wildman–Crippen LogP) is 2.50. The Kier molecular flexibility index (Phi) is 3.12. The van der Waals surface area contributed by atoms with Crippen LogP contribution in [0.5, 0.6) is 0 Å². The fourth-order valence-electron chi connectivity index (χ4n) is 3.99. The average Bonchev–Trinajstić information content (AvgIpc) is 3.06. The summed E-state index contributed by atoms with van der Waals surface area (Å²) < 4.78 is 0. The molecule has 1 N–H and O–H groups in total. The van der Waals surface area contributed by atoms with Crippen molar-refractivity contribution in [3.8, 4) is 0 Å². The highest BCUT2D eigenvalue weighted by Gasteiger charge is 2.40. The number of nitrogens with zero attached hydrogens (tertiary/aromatic N) is 1. The summed E-state index contributed by atoms with van der Waals surface area (Å²) in [4.78, 5) is 13.5. The van der Waals surface area contributed by atoms with Gasteiger partial charge in [0.15, 0.2) is 0 Å². The SMILES string of the molecule is O=C(O)C1CCCN1C1CCCC(C2CC2)C1. The van der Waals surface area contributed by atoms with E-state index in [-0.39, 0.29) is 6.04 Å². The van der Waals surface area contributed by atoms with Crippen molar-refractivity contribution >= 4 is 5.97 Å². The van der Waals surface area contributed by atoms with Crippen molar-refractivity contribution in [2.75, 3.05) is 6.54 Å². The largest absolute Gasteiger partial charge is 0.480 e. The monoisotopic (exact) mass is 237 g/mol. The van der Waals surface area contributed by atoms with Crippen molar-refractivity contribution in [1.29, 1.82) is 0 Å². The van der Waals surface area contributed by atoms with E-state index in [0.717, 1.165) is 31.2 Å². The summed E-state index contributed by atoms with van der Waals surface area (Å²) in [6.45, 7) is 1.01. The first-order valence-electron chi connectivity index (χ1n) is 7.24. The van der Waals surface area contributed by atoms with Crippen LogP contribution in [0.3, 0.4) is 0 Å². The Balaban J connectivity index is 1.64. The van der Waals surface area contributed by atoms with E-state index in [9.17, 15) is 9.90 Å². The third kappa shape index (κ3) is 2.35. The standard InChI is InChI=1S/C14H23NO2/c16-14(17)13-5-2-8-15(13)12-4-1-3-11(9-12)10-6-7-10/h10-13H,1-9H2,(H,16,17). The lowest BCUT2D eigenvalue weighted by Gasteiger charge is -2.37. The first kappa shape index (κ1) is 11.5. The Labute approximate surface area is 103 Å². The molecule has 1 saturated heterocycles. The number of carbonyl (C=O) groups is 1. The van der Waals surface area contributed by atoms with Crippen molar-refractivity contribution in [1.82, 2.24) is 4.90 Å². The number of aliphatic carboxylic acids is 1. The molecule has 3 rings (SSSR count). The lowest BCUT2D eigenvalue weighted by atomic mass is 9.82. The third-order valence-electron chi connectivity index (χ3n) is 5.02. The van der Waals surface area contributed by atoms with Crippen LogP contribution in [0.2, 0.25) is 0 Å². The fourth-order valence-corrected chi connectivity index (χ4v) is 3.99. The van der Waals surface area contributed by atoms with Crippen molar-refractivity contribution in [2.24, 2.45) is 11.8 Å². The quantitative estimate of drug-likeness (QED) is 0.820. The van der Waals surface area contributed by atoms with E-state index >= 15 is 0 Å². The zero-order valence-electron chi connectivity index (χ0n) is 10.5. The van der Waals surface area contributed by atoms with Gasteiger partial charge in [-0.05, 0) is 56.9 Å². The van der Waals surface area contributed by atoms with Gasteiger partial charge in [0.05, 0.1) is 0 Å². The van der Waals surface area contributed by atoms with Gasteiger partial charge in [-0.2, -0.15) is 0 Å². The fraction of sp³-hybridized carbons (Fsp3) is 0.929. The van der Waals surface area contributed by atoms with E-state index in [0.29, 0.717) is 6.04 Å². The zero-order valence-corrected chi connectivity index (χ0v) is 10.5. The van der Waals surface area contributed by atoms with Gasteiger partial charge in [0.25, 0.3) is 0 Å². The molecule has 96 valence electrons. The van der Waals surface area contributed by atoms with Gasteiger partial charge in [-0.3, -0.25) is 9.69 Å². The Hall–Kier alpha value is -0.570. The van der Waals surface area contributed by atoms with Crippen LogP contribution in [-0.4, -0.2) is 34.6 Å². The molecule has 0 aromatic heterocycles. The summed E-state index contributed by atoms with van der Waals surface area (Å²) >= 11 is 0. The second-order valence-corrected chi connectivity index (χ2v) is 6.15. The highest BCUT2D eigenvalue weighted by Crippen LogP contribution is 2.45. The summed E-state index contributed by atoms with van der Waals surface area (Å²) in [5.74, 6) is 1.29. The number of likely N-dealkylation sites (tertiary alicyclic amines) is 1. The second-order valence-electron chi connectivity index (χ2n) is 6.15. The van der Waals surface area contributed by atoms with Gasteiger partial charge < -0.3 is 5.11 Å². The minimum absolute atomic E-state index is 0.182. The van der Waals surface area contributed by atoms with E-state index in [1.165, 1.54) is 38.5 Å². The molecule has 0 bridgehead atoms. The first-order valence-corrected chi connectivity index (χ1v) is 7.24. The van der Waals surface area contributed by atoms with Crippen LogP contribution in [0.15, 0.2) is 0 Å². The number of carboxylic acid groups (broad SMARTS) is 1. The molecule has 2 saturated carbocycles. The van der Waals surface area contributed by atoms with Crippen LogP contribution >= 0.6 is 0 Å². The van der Waals surface area contributed by atoms with Gasteiger partial charge in [0.1, 0.15) is 6.04 Å². The number of hydrogen-bond donors (Lipinski definition) is 1. The molecule has 3 nitrogen and oxygen atoms in total. The van der Waals surface area contributed by atoms with Crippen LogP contribution in [0.4, 0.5) is 0 Å². The minimum Gasteiger partial charge on any atom is -0.480 e. The van der Waals surface area contributed by atoms with Gasteiger partial charge in [-0.1, -0.05) is 12.8 Å². The highest BCUT2D eigenvalue weighted by molar-refractivity contribution is 5.73. The zero-order chi connectivity index (χ0) is 11.8. The lowest BCUT2D eigenvalue weighted by molar-refractivity contribution is -0.143. The molecule has 0 aromatic rings. The molecule has 0 aromatic carbocycles. The Morgan fingerprint density at radius 3 is 2.53 bits per heavy atom. The predicted molar refractivity (Wildman–Crippen MR) is 65.8 cm³/mol. The van der Waals surface area contributed by atoms with Crippen LogP contribution in [0.25, 0.3) is 0 Å². The van der Waals surface area contributed by atoms with E-state index in [4.69, 9.17) is 0 Å². The van der Waals surface area contributed by atoms with Gasteiger partial charge >= 0.3 is 5.97 Å². The van der Waals surface area contributed by atoms with E-state index < -0.39 is 5.97 Å². The molecule has 3 heteroatoms. The van der Waals surface area contributed by atoms with Crippen LogP contribution in [0.1, 0.15) is 51.4 Å². The van der Waals surface area contributed by atoms with Gasteiger partial charge in [-0.25, -0.2) is 0 Å². The third-order valence-corrected chi connectivity index (χ3v) is 5.02. The van der Waals surface area contributed by atoms with Crippen molar-refractivity contribution in [3.05, 3.63) is 0 Å². The minimum atomic E-state index is -0.601. The molecular formula is C14H23NO2. The molecule has 3 unspecified atom stereocenters. The number of rotatable bonds is 3. The summed E-state index contributed by atoms with van der Waals surface area (Å²) in [6, 6.07) is 0.385. The van der Waals surface area contributed by atoms with Crippen molar-refractivity contribution in [3.63, 3.8) is 0 Å². The van der Waals surface area contributed by atoms with Crippen LogP contribution in [0, 0.1) is 11.8 Å². The first-order chi connectivity index (χ1) is 8.25. The molecule has 3 atom stereocenters. The lowest BCUT2D eigenvalue weighted by Crippen LogP contribution is -2.45. The molecule has 2 aliphatic carbocycles. The van der Waals surface area contributed by atoms with E-state index in [1.807, 2.05) is 0 Å². The second kappa shape index (κ2) is 4.60. The molecule has 1 aliphatic heterocycles.